The Bertz CT molecular complexity index is 1050. The number of aryl methyl sites for hydroxylation is 1. The molecular weight excluding hydrogens is 384 g/mol. The van der Waals surface area contributed by atoms with Crippen molar-refractivity contribution in [1.82, 2.24) is 14.8 Å². The zero-order valence-corrected chi connectivity index (χ0v) is 18.6. The summed E-state index contributed by atoms with van der Waals surface area (Å²) in [6.07, 6.45) is 5.87. The molecule has 0 spiro atoms. The number of rotatable bonds is 5. The first kappa shape index (κ1) is 21.1. The molecule has 4 N–H and O–H groups in total. The zero-order valence-electron chi connectivity index (χ0n) is 17.7. The highest BCUT2D eigenvalue weighted by atomic mass is 32.2. The van der Waals surface area contributed by atoms with Crippen molar-refractivity contribution in [3.05, 3.63) is 40.2 Å². The first-order valence-electron chi connectivity index (χ1n) is 10.0. The van der Waals surface area contributed by atoms with E-state index in [1.807, 2.05) is 27.2 Å². The molecule has 4 rings (SSSR count). The number of hydrogen-bond donors (Lipinski definition) is 3. The van der Waals surface area contributed by atoms with Gasteiger partial charge < -0.3 is 15.4 Å². The van der Waals surface area contributed by atoms with E-state index >= 15 is 0 Å². The van der Waals surface area contributed by atoms with Gasteiger partial charge in [-0.05, 0) is 36.5 Å². The first-order chi connectivity index (χ1) is 14.0. The van der Waals surface area contributed by atoms with Gasteiger partial charge in [0.1, 0.15) is 11.2 Å². The van der Waals surface area contributed by atoms with Crippen LogP contribution in [0.2, 0.25) is 0 Å². The quantitative estimate of drug-likeness (QED) is 0.529. The number of pyridine rings is 1. The minimum absolute atomic E-state index is 0.133. The van der Waals surface area contributed by atoms with E-state index in [9.17, 15) is 4.79 Å². The average molecular weight is 415 g/mol. The summed E-state index contributed by atoms with van der Waals surface area (Å²) in [5.74, 6) is 1.02. The molecule has 2 heterocycles. The molecule has 0 bridgehead atoms. The summed E-state index contributed by atoms with van der Waals surface area (Å²) >= 11 is 1.65. The highest BCUT2D eigenvalue weighted by Crippen LogP contribution is 2.41. The van der Waals surface area contributed by atoms with Crippen LogP contribution < -0.4 is 20.9 Å². The van der Waals surface area contributed by atoms with Crippen LogP contribution in [0.25, 0.3) is 11.0 Å². The maximum absolute atomic E-state index is 12.5. The summed E-state index contributed by atoms with van der Waals surface area (Å²) < 4.78 is 3.54. The fourth-order valence-corrected chi connectivity index (χ4v) is 3.84. The molecule has 0 radical (unpaired) electrons. The topological polar surface area (TPSA) is 92.0 Å². The predicted octanol–water partition coefficient (Wildman–Crippen LogP) is 4.60. The lowest BCUT2D eigenvalue weighted by atomic mass is 9.80. The average Bonchev–Trinajstić information content (AvgIpc) is 2.96. The number of nitrogens with zero attached hydrogens (tertiary/aromatic N) is 3. The van der Waals surface area contributed by atoms with E-state index in [1.165, 1.54) is 29.5 Å². The molecule has 0 unspecified atom stereocenters. The smallest absolute Gasteiger partial charge is 0.277 e. The van der Waals surface area contributed by atoms with E-state index in [2.05, 4.69) is 37.9 Å². The monoisotopic (exact) mass is 414 g/mol. The summed E-state index contributed by atoms with van der Waals surface area (Å²) in [6, 6.07) is 8.23. The van der Waals surface area contributed by atoms with Gasteiger partial charge in [0.25, 0.3) is 5.56 Å². The van der Waals surface area contributed by atoms with Crippen LogP contribution in [0.4, 0.5) is 22.9 Å². The van der Waals surface area contributed by atoms with Crippen LogP contribution in [-0.4, -0.2) is 28.1 Å². The van der Waals surface area contributed by atoms with Gasteiger partial charge in [-0.15, -0.1) is 0 Å². The minimum Gasteiger partial charge on any atom is -0.384 e. The van der Waals surface area contributed by atoms with E-state index in [0.29, 0.717) is 28.5 Å². The summed E-state index contributed by atoms with van der Waals surface area (Å²) in [5, 5.41) is 6.87. The molecule has 156 valence electrons. The SMILES string of the molecule is CC.CSN(C)c1cc(C2CCC2)ccc1Nc1cc(N)nc2[nH]n(C)c(=O)c12. The number of hydrogen-bond acceptors (Lipinski definition) is 6. The van der Waals surface area contributed by atoms with E-state index in [-0.39, 0.29) is 5.56 Å². The molecule has 0 aliphatic heterocycles. The number of fused-ring (bicyclic) bond motifs is 1. The number of aromatic amines is 1. The van der Waals surface area contributed by atoms with Crippen LogP contribution in [-0.2, 0) is 7.05 Å². The molecule has 0 saturated heterocycles. The molecule has 3 aromatic rings. The van der Waals surface area contributed by atoms with Crippen molar-refractivity contribution in [1.29, 1.82) is 0 Å². The largest absolute Gasteiger partial charge is 0.384 e. The van der Waals surface area contributed by atoms with Gasteiger partial charge in [-0.2, -0.15) is 0 Å². The fourth-order valence-electron chi connectivity index (χ4n) is 3.49. The Labute approximate surface area is 175 Å². The lowest BCUT2D eigenvalue weighted by Crippen LogP contribution is -2.14. The Morgan fingerprint density at radius 2 is 2.00 bits per heavy atom. The van der Waals surface area contributed by atoms with Crippen molar-refractivity contribution in [3.8, 4) is 0 Å². The van der Waals surface area contributed by atoms with Gasteiger partial charge in [0, 0.05) is 26.4 Å². The Morgan fingerprint density at radius 3 is 2.62 bits per heavy atom. The van der Waals surface area contributed by atoms with Gasteiger partial charge in [-0.3, -0.25) is 14.6 Å². The summed E-state index contributed by atoms with van der Waals surface area (Å²) in [6.45, 7) is 4.00. The standard InChI is InChI=1S/C19H24N6OS.C2H6/c1-24-19(26)17-14(10-16(20)22-18(17)23-24)21-13-8-7-12(11-5-4-6-11)9-15(13)25(2)27-3;1-2/h7-11H,4-6H2,1-3H3,(H4,20,21,22,23);1-2H3. The Kier molecular flexibility index (Phi) is 6.42. The molecule has 1 aliphatic carbocycles. The molecule has 29 heavy (non-hydrogen) atoms. The third-order valence-electron chi connectivity index (χ3n) is 5.31. The normalized spacial score (nSPS) is 13.6. The van der Waals surface area contributed by atoms with Crippen molar-refractivity contribution in [2.24, 2.45) is 7.05 Å². The minimum atomic E-state index is -0.133. The van der Waals surface area contributed by atoms with E-state index in [1.54, 1.807) is 25.1 Å². The van der Waals surface area contributed by atoms with Gasteiger partial charge in [0.15, 0.2) is 5.65 Å². The van der Waals surface area contributed by atoms with Crippen LogP contribution in [0.1, 0.15) is 44.6 Å². The van der Waals surface area contributed by atoms with Crippen LogP contribution in [0.15, 0.2) is 29.1 Å². The van der Waals surface area contributed by atoms with E-state index in [4.69, 9.17) is 5.73 Å². The Hall–Kier alpha value is -2.61. The number of H-pyrrole nitrogens is 1. The van der Waals surface area contributed by atoms with E-state index in [0.717, 1.165) is 11.4 Å². The lowest BCUT2D eigenvalue weighted by Gasteiger charge is -2.28. The molecule has 1 saturated carbocycles. The predicted molar refractivity (Wildman–Crippen MR) is 125 cm³/mol. The lowest BCUT2D eigenvalue weighted by molar-refractivity contribution is 0.420. The Balaban J connectivity index is 0.00000117. The van der Waals surface area contributed by atoms with Crippen LogP contribution in [0, 0.1) is 0 Å². The number of nitrogen functional groups attached to an aromatic ring is 1. The van der Waals surface area contributed by atoms with Gasteiger partial charge >= 0.3 is 0 Å². The molecule has 7 nitrogen and oxygen atoms in total. The molecular formula is C21H30N6OS. The molecule has 1 aromatic carbocycles. The van der Waals surface area contributed by atoms with Crippen molar-refractivity contribution in [2.45, 2.75) is 39.0 Å². The van der Waals surface area contributed by atoms with Crippen molar-refractivity contribution >= 4 is 45.9 Å². The maximum atomic E-state index is 12.5. The second-order valence-corrected chi connectivity index (χ2v) is 7.92. The Morgan fingerprint density at radius 1 is 1.28 bits per heavy atom. The second-order valence-electron chi connectivity index (χ2n) is 7.00. The highest BCUT2D eigenvalue weighted by molar-refractivity contribution is 7.99. The molecule has 1 fully saturated rings. The fraction of sp³-hybridized carbons (Fsp3) is 0.429. The first-order valence-corrected chi connectivity index (χ1v) is 11.2. The zero-order chi connectivity index (χ0) is 21.1. The molecule has 1 aliphatic rings. The van der Waals surface area contributed by atoms with Crippen LogP contribution in [0.5, 0.6) is 0 Å². The number of nitrogens with one attached hydrogen (secondary N) is 2. The van der Waals surface area contributed by atoms with Crippen LogP contribution >= 0.6 is 11.9 Å². The number of anilines is 4. The number of benzene rings is 1. The third-order valence-corrected chi connectivity index (χ3v) is 6.06. The van der Waals surface area contributed by atoms with Crippen LogP contribution in [0.3, 0.4) is 0 Å². The maximum Gasteiger partial charge on any atom is 0.277 e. The van der Waals surface area contributed by atoms with Crippen molar-refractivity contribution in [2.75, 3.05) is 28.7 Å². The number of aromatic nitrogens is 3. The second kappa shape index (κ2) is 8.82. The van der Waals surface area contributed by atoms with Crippen molar-refractivity contribution in [3.63, 3.8) is 0 Å². The summed E-state index contributed by atoms with van der Waals surface area (Å²) in [5.41, 5.74) is 10.4. The van der Waals surface area contributed by atoms with Gasteiger partial charge in [0.2, 0.25) is 0 Å². The molecule has 0 atom stereocenters. The van der Waals surface area contributed by atoms with E-state index < -0.39 is 0 Å². The van der Waals surface area contributed by atoms with Gasteiger partial charge in [-0.25, -0.2) is 4.98 Å². The summed E-state index contributed by atoms with van der Waals surface area (Å²) in [7, 11) is 3.71. The molecule has 2 aromatic heterocycles. The number of nitrogens with two attached hydrogens (primary N) is 1. The molecule has 8 heteroatoms. The van der Waals surface area contributed by atoms with Gasteiger partial charge in [0.05, 0.1) is 17.1 Å². The summed E-state index contributed by atoms with van der Waals surface area (Å²) in [4.78, 5) is 16.7. The van der Waals surface area contributed by atoms with Gasteiger partial charge in [-0.1, -0.05) is 38.3 Å². The van der Waals surface area contributed by atoms with Crippen molar-refractivity contribution < 1.29 is 0 Å². The molecule has 0 amide bonds. The highest BCUT2D eigenvalue weighted by Gasteiger charge is 2.22. The third kappa shape index (κ3) is 4.07.